The van der Waals surface area contributed by atoms with Crippen LogP contribution in [0.15, 0.2) is 30.9 Å². The molecule has 0 aliphatic heterocycles. The maximum Gasteiger partial charge on any atom is 0.182 e. The Labute approximate surface area is 111 Å². The summed E-state index contributed by atoms with van der Waals surface area (Å²) in [4.78, 5) is 11.8. The quantitative estimate of drug-likeness (QED) is 0.678. The molecular formula is C12H7ClF2N4. The van der Waals surface area contributed by atoms with Gasteiger partial charge in [0.1, 0.15) is 23.5 Å². The van der Waals surface area contributed by atoms with Gasteiger partial charge in [-0.25, -0.2) is 23.7 Å². The first-order valence-corrected chi connectivity index (χ1v) is 5.79. The molecule has 0 amide bonds. The minimum Gasteiger partial charge on any atom is -0.322 e. The van der Waals surface area contributed by atoms with Gasteiger partial charge in [0.2, 0.25) is 0 Å². The molecule has 0 fully saturated rings. The number of hydrogen-bond acceptors (Lipinski definition) is 3. The van der Waals surface area contributed by atoms with Gasteiger partial charge in [0.25, 0.3) is 0 Å². The molecule has 4 nitrogen and oxygen atoms in total. The highest BCUT2D eigenvalue weighted by molar-refractivity contribution is 6.33. The number of imidazole rings is 1. The van der Waals surface area contributed by atoms with Crippen molar-refractivity contribution in [3.63, 3.8) is 0 Å². The zero-order valence-electron chi connectivity index (χ0n) is 9.52. The van der Waals surface area contributed by atoms with Gasteiger partial charge in [-0.15, -0.1) is 0 Å². The van der Waals surface area contributed by atoms with E-state index < -0.39 is 11.6 Å². The van der Waals surface area contributed by atoms with Crippen LogP contribution in [0.3, 0.4) is 0 Å². The summed E-state index contributed by atoms with van der Waals surface area (Å²) in [6.45, 7) is -0.0257. The van der Waals surface area contributed by atoms with E-state index in [0.29, 0.717) is 11.2 Å². The smallest absolute Gasteiger partial charge is 0.182 e. The van der Waals surface area contributed by atoms with Crippen LogP contribution in [-0.2, 0) is 6.54 Å². The first-order valence-electron chi connectivity index (χ1n) is 5.41. The zero-order valence-corrected chi connectivity index (χ0v) is 10.3. The maximum atomic E-state index is 13.6. The van der Waals surface area contributed by atoms with Crippen LogP contribution in [0.5, 0.6) is 0 Å². The molecule has 3 aromatic rings. The van der Waals surface area contributed by atoms with Gasteiger partial charge in [-0.3, -0.25) is 0 Å². The van der Waals surface area contributed by atoms with Crippen LogP contribution in [0.2, 0.25) is 5.15 Å². The Kier molecular flexibility index (Phi) is 2.87. The van der Waals surface area contributed by atoms with Crippen molar-refractivity contribution in [2.45, 2.75) is 6.54 Å². The second-order valence-corrected chi connectivity index (χ2v) is 4.27. The van der Waals surface area contributed by atoms with Gasteiger partial charge < -0.3 is 4.57 Å². The minimum absolute atomic E-state index is 0.0257. The number of fused-ring (bicyclic) bond motifs is 1. The van der Waals surface area contributed by atoms with Crippen LogP contribution >= 0.6 is 11.6 Å². The van der Waals surface area contributed by atoms with Crippen molar-refractivity contribution in [3.05, 3.63) is 53.2 Å². The first-order chi connectivity index (χ1) is 9.16. The van der Waals surface area contributed by atoms with E-state index >= 15 is 0 Å². The Balaban J connectivity index is 2.12. The van der Waals surface area contributed by atoms with Crippen LogP contribution in [0.1, 0.15) is 5.56 Å². The number of benzene rings is 1. The highest BCUT2D eigenvalue weighted by Gasteiger charge is 2.13. The fraction of sp³-hybridized carbons (Fsp3) is 0.0833. The molecule has 0 saturated carbocycles. The molecule has 1 aromatic carbocycles. The van der Waals surface area contributed by atoms with Gasteiger partial charge in [0.05, 0.1) is 12.9 Å². The van der Waals surface area contributed by atoms with E-state index in [1.165, 1.54) is 35.4 Å². The predicted octanol–water partition coefficient (Wildman–Crippen LogP) is 2.81. The van der Waals surface area contributed by atoms with Crippen molar-refractivity contribution in [2.75, 3.05) is 0 Å². The SMILES string of the molecule is Fc1cccc(F)c1Cn1cnc2ncnc(Cl)c21. The molecule has 0 radical (unpaired) electrons. The van der Waals surface area contributed by atoms with Gasteiger partial charge >= 0.3 is 0 Å². The van der Waals surface area contributed by atoms with Gasteiger partial charge in [0.15, 0.2) is 10.8 Å². The second kappa shape index (κ2) is 4.55. The number of halogens is 3. The molecule has 2 heterocycles. The fourth-order valence-corrected chi connectivity index (χ4v) is 2.08. The molecule has 0 bridgehead atoms. The lowest BCUT2D eigenvalue weighted by molar-refractivity contribution is 0.546. The van der Waals surface area contributed by atoms with E-state index in [-0.39, 0.29) is 17.3 Å². The van der Waals surface area contributed by atoms with Crippen molar-refractivity contribution in [3.8, 4) is 0 Å². The highest BCUT2D eigenvalue weighted by atomic mass is 35.5. The lowest BCUT2D eigenvalue weighted by Crippen LogP contribution is -2.04. The maximum absolute atomic E-state index is 13.6. The summed E-state index contributed by atoms with van der Waals surface area (Å²) in [5.41, 5.74) is 0.783. The van der Waals surface area contributed by atoms with Crippen molar-refractivity contribution < 1.29 is 8.78 Å². The molecule has 0 atom stereocenters. The topological polar surface area (TPSA) is 43.6 Å². The van der Waals surface area contributed by atoms with E-state index in [0.717, 1.165) is 0 Å². The largest absolute Gasteiger partial charge is 0.322 e. The van der Waals surface area contributed by atoms with E-state index in [1.54, 1.807) is 0 Å². The van der Waals surface area contributed by atoms with Crippen LogP contribution in [0, 0.1) is 11.6 Å². The van der Waals surface area contributed by atoms with Gasteiger partial charge in [-0.1, -0.05) is 17.7 Å². The Morgan fingerprint density at radius 1 is 1.11 bits per heavy atom. The Bertz CT molecular complexity index is 736. The lowest BCUT2D eigenvalue weighted by Gasteiger charge is -2.07. The van der Waals surface area contributed by atoms with Crippen LogP contribution < -0.4 is 0 Å². The first kappa shape index (κ1) is 12.0. The molecule has 0 spiro atoms. The van der Waals surface area contributed by atoms with Crippen LogP contribution in [0.25, 0.3) is 11.2 Å². The molecule has 0 aliphatic carbocycles. The fourth-order valence-electron chi connectivity index (χ4n) is 1.85. The molecule has 3 rings (SSSR count). The van der Waals surface area contributed by atoms with Gasteiger partial charge in [0, 0.05) is 5.56 Å². The molecule has 7 heteroatoms. The molecule has 0 saturated heterocycles. The molecule has 96 valence electrons. The average Bonchev–Trinajstić information content (AvgIpc) is 2.79. The van der Waals surface area contributed by atoms with Gasteiger partial charge in [-0.2, -0.15) is 0 Å². The molecular weight excluding hydrogens is 274 g/mol. The summed E-state index contributed by atoms with van der Waals surface area (Å²) < 4.78 is 28.7. The normalized spacial score (nSPS) is 11.1. The van der Waals surface area contributed by atoms with Crippen molar-refractivity contribution in [1.29, 1.82) is 0 Å². The highest BCUT2D eigenvalue weighted by Crippen LogP contribution is 2.21. The predicted molar refractivity (Wildman–Crippen MR) is 65.8 cm³/mol. The van der Waals surface area contributed by atoms with E-state index in [4.69, 9.17) is 11.6 Å². The number of hydrogen-bond donors (Lipinski definition) is 0. The number of rotatable bonds is 2. The van der Waals surface area contributed by atoms with Crippen molar-refractivity contribution in [1.82, 2.24) is 19.5 Å². The average molecular weight is 281 g/mol. The molecule has 0 N–H and O–H groups in total. The summed E-state index contributed by atoms with van der Waals surface area (Å²) in [6, 6.07) is 3.72. The van der Waals surface area contributed by atoms with E-state index in [2.05, 4.69) is 15.0 Å². The summed E-state index contributed by atoms with van der Waals surface area (Å²) in [7, 11) is 0. The molecule has 0 unspecified atom stereocenters. The Morgan fingerprint density at radius 2 is 1.84 bits per heavy atom. The zero-order chi connectivity index (χ0) is 13.4. The van der Waals surface area contributed by atoms with Gasteiger partial charge in [-0.05, 0) is 12.1 Å². The van der Waals surface area contributed by atoms with Crippen molar-refractivity contribution in [2.24, 2.45) is 0 Å². The summed E-state index contributed by atoms with van der Waals surface area (Å²) >= 11 is 5.95. The Morgan fingerprint density at radius 3 is 2.58 bits per heavy atom. The summed E-state index contributed by atoms with van der Waals surface area (Å²) in [6.07, 6.45) is 2.71. The third-order valence-electron chi connectivity index (χ3n) is 2.76. The van der Waals surface area contributed by atoms with Crippen LogP contribution in [-0.4, -0.2) is 19.5 Å². The standard InChI is InChI=1S/C12H7ClF2N4/c13-11-10-12(17-5-16-11)18-6-19(10)4-7-8(14)2-1-3-9(7)15/h1-3,5-6H,4H2. The summed E-state index contributed by atoms with van der Waals surface area (Å²) in [5, 5.41) is 0.194. The third kappa shape index (κ3) is 2.04. The molecule has 0 aliphatic rings. The lowest BCUT2D eigenvalue weighted by atomic mass is 10.2. The van der Waals surface area contributed by atoms with E-state index in [1.807, 2.05) is 0 Å². The second-order valence-electron chi connectivity index (χ2n) is 3.91. The summed E-state index contributed by atoms with van der Waals surface area (Å²) in [5.74, 6) is -1.23. The minimum atomic E-state index is -0.616. The number of nitrogens with zero attached hydrogens (tertiary/aromatic N) is 4. The van der Waals surface area contributed by atoms with E-state index in [9.17, 15) is 8.78 Å². The third-order valence-corrected chi connectivity index (χ3v) is 3.03. The number of aromatic nitrogens is 4. The monoisotopic (exact) mass is 280 g/mol. The van der Waals surface area contributed by atoms with Crippen LogP contribution in [0.4, 0.5) is 8.78 Å². The molecule has 2 aromatic heterocycles. The van der Waals surface area contributed by atoms with Crippen molar-refractivity contribution >= 4 is 22.8 Å². The molecule has 19 heavy (non-hydrogen) atoms. The Hall–Kier alpha value is -2.08.